The summed E-state index contributed by atoms with van der Waals surface area (Å²) in [6, 6.07) is 18.8. The van der Waals surface area contributed by atoms with Gasteiger partial charge in [0.05, 0.1) is 4.47 Å². The second kappa shape index (κ2) is 11.5. The summed E-state index contributed by atoms with van der Waals surface area (Å²) in [4.78, 5) is 27.4. The van der Waals surface area contributed by atoms with E-state index in [1.807, 2.05) is 67.6 Å². The molecule has 0 radical (unpaired) electrons. The van der Waals surface area contributed by atoms with Crippen LogP contribution in [0.25, 0.3) is 10.8 Å². The highest BCUT2D eigenvalue weighted by molar-refractivity contribution is 9.11. The minimum atomic E-state index is -0.628. The van der Waals surface area contributed by atoms with Crippen LogP contribution in [-0.2, 0) is 16.1 Å². The van der Waals surface area contributed by atoms with Gasteiger partial charge in [0.2, 0.25) is 5.91 Å². The molecule has 0 aliphatic carbocycles. The van der Waals surface area contributed by atoms with Gasteiger partial charge in [-0.3, -0.25) is 9.59 Å². The first kappa shape index (κ1) is 24.3. The summed E-state index contributed by atoms with van der Waals surface area (Å²) < 4.78 is 7.60. The molecule has 3 rings (SSSR count). The monoisotopic (exact) mass is 560 g/mol. The first-order valence-electron chi connectivity index (χ1n) is 10.5. The van der Waals surface area contributed by atoms with Gasteiger partial charge in [0, 0.05) is 17.6 Å². The van der Waals surface area contributed by atoms with Crippen molar-refractivity contribution >= 4 is 54.4 Å². The summed E-state index contributed by atoms with van der Waals surface area (Å²) in [5, 5.41) is 4.97. The maximum atomic E-state index is 13.2. The molecular weight excluding hydrogens is 536 g/mol. The smallest absolute Gasteiger partial charge is 0.261 e. The van der Waals surface area contributed by atoms with E-state index in [2.05, 4.69) is 37.2 Å². The summed E-state index contributed by atoms with van der Waals surface area (Å²) in [6.45, 7) is 4.44. The van der Waals surface area contributed by atoms with Gasteiger partial charge in [-0.1, -0.05) is 65.3 Å². The molecule has 0 fully saturated rings. The Morgan fingerprint density at radius 1 is 1.06 bits per heavy atom. The van der Waals surface area contributed by atoms with E-state index in [1.165, 1.54) is 0 Å². The molecule has 168 valence electrons. The van der Waals surface area contributed by atoms with Crippen LogP contribution in [0.5, 0.6) is 5.75 Å². The van der Waals surface area contributed by atoms with E-state index in [4.69, 9.17) is 4.74 Å². The molecule has 0 saturated heterocycles. The quantitative estimate of drug-likeness (QED) is 0.365. The van der Waals surface area contributed by atoms with Crippen LogP contribution in [0.1, 0.15) is 25.8 Å². The predicted octanol–water partition coefficient (Wildman–Crippen LogP) is 5.69. The lowest BCUT2D eigenvalue weighted by Crippen LogP contribution is -2.49. The third-order valence-corrected chi connectivity index (χ3v) is 6.45. The number of carbonyl (C=O) groups excluding carboxylic acids is 2. The Kier molecular flexibility index (Phi) is 8.70. The van der Waals surface area contributed by atoms with E-state index in [9.17, 15) is 9.59 Å². The lowest BCUT2D eigenvalue weighted by atomic mass is 10.1. The van der Waals surface area contributed by atoms with E-state index >= 15 is 0 Å². The maximum absolute atomic E-state index is 13.2. The fraction of sp³-hybridized carbons (Fsp3) is 0.280. The van der Waals surface area contributed by atoms with E-state index in [-0.39, 0.29) is 18.4 Å². The molecular formula is C25H26Br2N2O3. The Labute approximate surface area is 205 Å². The van der Waals surface area contributed by atoms with Gasteiger partial charge >= 0.3 is 0 Å². The Morgan fingerprint density at radius 2 is 1.84 bits per heavy atom. The Morgan fingerprint density at radius 3 is 2.59 bits per heavy atom. The maximum Gasteiger partial charge on any atom is 0.261 e. The van der Waals surface area contributed by atoms with Crippen molar-refractivity contribution < 1.29 is 14.3 Å². The van der Waals surface area contributed by atoms with Gasteiger partial charge in [-0.2, -0.15) is 0 Å². The van der Waals surface area contributed by atoms with Crippen LogP contribution in [0.2, 0.25) is 0 Å². The molecule has 0 aromatic heterocycles. The summed E-state index contributed by atoms with van der Waals surface area (Å²) >= 11 is 7.06. The molecule has 32 heavy (non-hydrogen) atoms. The van der Waals surface area contributed by atoms with Crippen LogP contribution in [-0.4, -0.2) is 35.9 Å². The molecule has 1 atom stereocenters. The van der Waals surface area contributed by atoms with Gasteiger partial charge in [0.1, 0.15) is 11.8 Å². The highest BCUT2D eigenvalue weighted by Gasteiger charge is 2.26. The number of ether oxygens (including phenoxy) is 1. The molecule has 0 spiro atoms. The summed E-state index contributed by atoms with van der Waals surface area (Å²) in [5.74, 6) is 0.147. The van der Waals surface area contributed by atoms with Crippen molar-refractivity contribution in [1.29, 1.82) is 0 Å². The second-order valence-corrected chi connectivity index (χ2v) is 9.21. The Hall–Kier alpha value is -2.38. The molecule has 0 heterocycles. The number of hydrogen-bond acceptors (Lipinski definition) is 3. The van der Waals surface area contributed by atoms with E-state index in [0.29, 0.717) is 18.8 Å². The van der Waals surface area contributed by atoms with Gasteiger partial charge in [-0.15, -0.1) is 0 Å². The van der Waals surface area contributed by atoms with Gasteiger partial charge < -0.3 is 15.0 Å². The lowest BCUT2D eigenvalue weighted by molar-refractivity contribution is -0.142. The highest BCUT2D eigenvalue weighted by atomic mass is 79.9. The van der Waals surface area contributed by atoms with Crippen LogP contribution in [0.3, 0.4) is 0 Å². The van der Waals surface area contributed by atoms with Gasteiger partial charge in [0.15, 0.2) is 6.61 Å². The molecule has 0 saturated carbocycles. The number of nitrogens with one attached hydrogen (secondary N) is 1. The summed E-state index contributed by atoms with van der Waals surface area (Å²) in [5.41, 5.74) is 0.926. The number of rotatable bonds is 9. The average molecular weight is 562 g/mol. The van der Waals surface area contributed by atoms with Crippen LogP contribution < -0.4 is 10.1 Å². The summed E-state index contributed by atoms with van der Waals surface area (Å²) in [6.07, 6.45) is 0.830. The number of carbonyl (C=O) groups is 2. The zero-order valence-corrected chi connectivity index (χ0v) is 21.3. The average Bonchev–Trinajstić information content (AvgIpc) is 2.80. The molecule has 0 aliphatic rings. The Balaban J connectivity index is 1.78. The second-order valence-electron chi connectivity index (χ2n) is 7.51. The zero-order valence-electron chi connectivity index (χ0n) is 18.1. The lowest BCUT2D eigenvalue weighted by Gasteiger charge is -2.29. The minimum Gasteiger partial charge on any atom is -0.483 e. The third-order valence-electron chi connectivity index (χ3n) is 5.14. The fourth-order valence-electron chi connectivity index (χ4n) is 3.36. The van der Waals surface area contributed by atoms with Crippen LogP contribution in [0, 0.1) is 0 Å². The fourth-order valence-corrected chi connectivity index (χ4v) is 4.41. The number of benzene rings is 3. The van der Waals surface area contributed by atoms with Crippen molar-refractivity contribution in [2.75, 3.05) is 13.2 Å². The molecule has 3 aromatic rings. The topological polar surface area (TPSA) is 58.6 Å². The molecule has 0 aliphatic heterocycles. The third kappa shape index (κ3) is 6.11. The predicted molar refractivity (Wildman–Crippen MR) is 135 cm³/mol. The number of hydrogen-bond donors (Lipinski definition) is 1. The number of fused-ring (bicyclic) bond motifs is 1. The number of nitrogens with zero attached hydrogens (tertiary/aromatic N) is 1. The van der Waals surface area contributed by atoms with Crippen LogP contribution >= 0.6 is 31.9 Å². The van der Waals surface area contributed by atoms with Crippen molar-refractivity contribution in [2.45, 2.75) is 32.9 Å². The summed E-state index contributed by atoms with van der Waals surface area (Å²) in [7, 11) is 0. The molecule has 0 bridgehead atoms. The van der Waals surface area contributed by atoms with Crippen molar-refractivity contribution in [3.63, 3.8) is 0 Å². The standard InChI is InChI=1S/C25H26Br2N2O3/c1-3-13-28-25(31)17(2)29(15-18-7-6-9-20(26)14-18)23(30)16-32-22-12-11-19-8-4-5-10-21(19)24(22)27/h4-12,14,17H,3,13,15-16H2,1-2H3,(H,28,31)/t17-/m0/s1. The highest BCUT2D eigenvalue weighted by Crippen LogP contribution is 2.33. The molecule has 0 unspecified atom stereocenters. The number of halogens is 2. The molecule has 3 aromatic carbocycles. The largest absolute Gasteiger partial charge is 0.483 e. The first-order chi connectivity index (χ1) is 15.4. The van der Waals surface area contributed by atoms with Gasteiger partial charge in [-0.25, -0.2) is 0 Å². The van der Waals surface area contributed by atoms with Crippen molar-refractivity contribution in [3.05, 3.63) is 75.2 Å². The van der Waals surface area contributed by atoms with Crippen molar-refractivity contribution in [1.82, 2.24) is 10.2 Å². The SMILES string of the molecule is CCCNC(=O)[C@H](C)N(Cc1cccc(Br)c1)C(=O)COc1ccc2ccccc2c1Br. The normalized spacial score (nSPS) is 11.8. The number of amides is 2. The van der Waals surface area contributed by atoms with Crippen molar-refractivity contribution in [2.24, 2.45) is 0 Å². The van der Waals surface area contributed by atoms with Gasteiger partial charge in [0.25, 0.3) is 5.91 Å². The molecule has 2 amide bonds. The zero-order chi connectivity index (χ0) is 23.1. The molecule has 7 heteroatoms. The van der Waals surface area contributed by atoms with Crippen molar-refractivity contribution in [3.8, 4) is 5.75 Å². The van der Waals surface area contributed by atoms with E-state index < -0.39 is 6.04 Å². The molecule has 5 nitrogen and oxygen atoms in total. The minimum absolute atomic E-state index is 0.170. The van der Waals surface area contributed by atoms with Crippen LogP contribution in [0.15, 0.2) is 69.6 Å². The van der Waals surface area contributed by atoms with E-state index in [0.717, 1.165) is 31.7 Å². The van der Waals surface area contributed by atoms with Gasteiger partial charge in [-0.05, 0) is 63.8 Å². The van der Waals surface area contributed by atoms with Crippen LogP contribution in [0.4, 0.5) is 0 Å². The first-order valence-corrected chi connectivity index (χ1v) is 12.1. The molecule has 1 N–H and O–H groups in total. The Bertz CT molecular complexity index is 1100. The van der Waals surface area contributed by atoms with E-state index in [1.54, 1.807) is 11.8 Å².